The monoisotopic (exact) mass is 1110 g/mol. The molecular weight excluding hydrogens is 1020 g/mol. The lowest BCUT2D eigenvalue weighted by Crippen LogP contribution is -2.61. The van der Waals surface area contributed by atoms with E-state index < -0.39 is 153 Å². The van der Waals surface area contributed by atoms with Gasteiger partial charge in [0.15, 0.2) is 12.1 Å². The van der Waals surface area contributed by atoms with Crippen LogP contribution in [0.2, 0.25) is 0 Å². The van der Waals surface area contributed by atoms with Crippen LogP contribution < -0.4 is 11.5 Å². The largest absolute Gasteiger partial charge is 0.481 e. The highest BCUT2D eigenvalue weighted by Gasteiger charge is 2.43. The van der Waals surface area contributed by atoms with Crippen molar-refractivity contribution in [1.82, 2.24) is 0 Å². The molecule has 0 unspecified atom stereocenters. The van der Waals surface area contributed by atoms with Gasteiger partial charge in [-0.05, 0) is 68.7 Å². The summed E-state index contributed by atoms with van der Waals surface area (Å²) in [5.74, 6) is -7.43. The van der Waals surface area contributed by atoms with Gasteiger partial charge in [0.25, 0.3) is 0 Å². The third-order valence-corrected chi connectivity index (χ3v) is 13.8. The fourth-order valence-corrected chi connectivity index (χ4v) is 9.37. The molecule has 0 aliphatic carbocycles. The molecule has 0 spiro atoms. The van der Waals surface area contributed by atoms with Gasteiger partial charge in [-0.25, -0.2) is 0 Å². The zero-order chi connectivity index (χ0) is 58.8. The van der Waals surface area contributed by atoms with Crippen LogP contribution in [0.3, 0.4) is 0 Å². The van der Waals surface area contributed by atoms with Crippen molar-refractivity contribution in [2.75, 3.05) is 5.73 Å². The summed E-state index contributed by atoms with van der Waals surface area (Å²) in [5, 5.41) is 96.0. The van der Waals surface area contributed by atoms with E-state index >= 15 is 0 Å². The Morgan fingerprint density at radius 3 is 1.78 bits per heavy atom. The van der Waals surface area contributed by atoms with Crippen molar-refractivity contribution in [3.05, 3.63) is 115 Å². The van der Waals surface area contributed by atoms with Gasteiger partial charge in [0.2, 0.25) is 0 Å². The van der Waals surface area contributed by atoms with Crippen LogP contribution >= 0.6 is 0 Å². The average Bonchev–Trinajstić information content (AvgIpc) is 3.36. The highest BCUT2D eigenvalue weighted by Crippen LogP contribution is 2.29. The number of hydrogen-bond donors (Lipinski definition) is 11. The van der Waals surface area contributed by atoms with Gasteiger partial charge in [0.1, 0.15) is 41.9 Å². The van der Waals surface area contributed by atoms with E-state index in [2.05, 4.69) is 0 Å². The minimum absolute atomic E-state index is 0.0615. The van der Waals surface area contributed by atoms with Crippen molar-refractivity contribution >= 4 is 40.8 Å². The number of benzene rings is 1. The second kappa shape index (κ2) is 35.2. The predicted molar refractivity (Wildman–Crippen MR) is 293 cm³/mol. The van der Waals surface area contributed by atoms with Gasteiger partial charge in [-0.1, -0.05) is 106 Å². The number of Topliss-reactive ketones (excluding diaryl/α,β-unsaturated/α-hetero) is 4. The molecule has 2 heterocycles. The number of rotatable bonds is 10. The third kappa shape index (κ3) is 25.2. The number of anilines is 1. The molecule has 3 rings (SSSR count). The molecule has 438 valence electrons. The summed E-state index contributed by atoms with van der Waals surface area (Å²) in [6.45, 7) is 7.02. The molecule has 2 aliphatic rings. The van der Waals surface area contributed by atoms with Gasteiger partial charge in [-0.15, -0.1) is 0 Å². The van der Waals surface area contributed by atoms with Crippen LogP contribution in [0.25, 0.3) is 0 Å². The second-order valence-corrected chi connectivity index (χ2v) is 20.9. The molecule has 20 nitrogen and oxygen atoms in total. The number of ether oxygens (including phenoxy) is 3. The maximum atomic E-state index is 13.3. The van der Waals surface area contributed by atoms with E-state index in [1.54, 1.807) is 98.0 Å². The first-order chi connectivity index (χ1) is 37.4. The van der Waals surface area contributed by atoms with E-state index in [0.29, 0.717) is 17.7 Å². The van der Waals surface area contributed by atoms with Crippen molar-refractivity contribution in [2.45, 2.75) is 184 Å². The van der Waals surface area contributed by atoms with E-state index in [1.807, 2.05) is 19.9 Å². The summed E-state index contributed by atoms with van der Waals surface area (Å²) < 4.78 is 17.5. The Hall–Kier alpha value is -5.62. The Morgan fingerprint density at radius 2 is 1.22 bits per heavy atom. The van der Waals surface area contributed by atoms with Crippen molar-refractivity contribution < 1.29 is 88.9 Å². The molecule has 1 saturated heterocycles. The number of aliphatic hydroxyl groups excluding tert-OH is 8. The highest BCUT2D eigenvalue weighted by molar-refractivity contribution is 5.97. The number of esters is 1. The lowest BCUT2D eigenvalue weighted by molar-refractivity contribution is -0.277. The van der Waals surface area contributed by atoms with Crippen molar-refractivity contribution in [3.8, 4) is 0 Å². The maximum absolute atomic E-state index is 13.3. The first-order valence-corrected chi connectivity index (χ1v) is 26.9. The summed E-state index contributed by atoms with van der Waals surface area (Å²) in [6.07, 6.45) is 4.21. The molecule has 1 fully saturated rings. The molecular formula is C59H84N2O18. The van der Waals surface area contributed by atoms with E-state index in [1.165, 1.54) is 19.1 Å². The summed E-state index contributed by atoms with van der Waals surface area (Å²) in [6, 6.07) is 5.24. The number of aliphatic carboxylic acids is 1. The predicted octanol–water partition coefficient (Wildman–Crippen LogP) is 3.61. The lowest BCUT2D eigenvalue weighted by atomic mass is 9.83. The summed E-state index contributed by atoms with van der Waals surface area (Å²) in [4.78, 5) is 77.3. The van der Waals surface area contributed by atoms with E-state index in [4.69, 9.17) is 25.7 Å². The van der Waals surface area contributed by atoms with Gasteiger partial charge in [-0.2, -0.15) is 0 Å². The Bertz CT molecular complexity index is 2310. The highest BCUT2D eigenvalue weighted by atomic mass is 16.7. The Balaban J connectivity index is 1.83. The molecule has 0 bridgehead atoms. The summed E-state index contributed by atoms with van der Waals surface area (Å²) in [7, 11) is 0. The number of carboxylic acid groups (broad SMARTS) is 1. The number of nitrogen functional groups attached to an aromatic ring is 1. The van der Waals surface area contributed by atoms with Crippen LogP contribution in [0.15, 0.2) is 109 Å². The number of nitrogens with two attached hydrogens (primary N) is 2. The quantitative estimate of drug-likeness (QED) is 0.0690. The molecule has 0 aromatic heterocycles. The Labute approximate surface area is 462 Å². The van der Waals surface area contributed by atoms with Crippen molar-refractivity contribution in [3.63, 3.8) is 0 Å². The number of ketones is 4. The van der Waals surface area contributed by atoms with Crippen LogP contribution in [-0.2, 0) is 38.2 Å². The van der Waals surface area contributed by atoms with E-state index in [0.717, 1.165) is 0 Å². The molecule has 13 N–H and O–H groups in total. The molecule has 0 radical (unpaired) electrons. The molecule has 79 heavy (non-hydrogen) atoms. The SMILES string of the molecule is C[C@H]1/C=C/C=C/C=C/C=C\C=C/C=C\C=C\[C@H](O[C@@H]2O[C@H](C)[C@@H](O)[C@H](N)[C@@H]2O)C[C@H](O)[C@H](C(=O)O)[C@@H](O)CC(=O)C[C@@H](O)C[C@@H](O)C[C@@H](O)CC(=O)CCCC(=O)CC(=O)O[C@@H]1[C@@H](C)C[C@H](C)[C@@H](O)CC(=O)c1ccc(N)cc1. The second-order valence-electron chi connectivity index (χ2n) is 20.9. The van der Waals surface area contributed by atoms with Gasteiger partial charge >= 0.3 is 11.9 Å². The lowest BCUT2D eigenvalue weighted by Gasteiger charge is -2.41. The maximum Gasteiger partial charge on any atom is 0.313 e. The minimum Gasteiger partial charge on any atom is -0.481 e. The number of hydrogen-bond acceptors (Lipinski definition) is 19. The number of cyclic esters (lactones) is 1. The molecule has 17 atom stereocenters. The fraction of sp³-hybridized carbons (Fsp3) is 0.559. The molecule has 0 amide bonds. The molecule has 1 aromatic carbocycles. The number of aliphatic hydroxyl groups is 8. The van der Waals surface area contributed by atoms with Gasteiger partial charge in [0.05, 0.1) is 61.0 Å². The fourth-order valence-electron chi connectivity index (χ4n) is 9.37. The van der Waals surface area contributed by atoms with Crippen LogP contribution in [0.1, 0.15) is 115 Å². The third-order valence-electron chi connectivity index (χ3n) is 13.8. The normalized spacial score (nSPS) is 34.7. The standard InChI is InChI=1S/C59H84N2O18/c1-35-18-15-13-11-9-7-5-6-8-10-12-14-16-21-47(78-59-56(74)54(61)55(73)38(4)77-59)33-51(71)53(58(75)76)50(70)31-46(67)30-45(66)29-44(65)28-43(64)27-41(62)19-17-20-42(63)32-52(72)79-57(35)37(3)26-36(2)48(68)34-49(69)39-22-24-40(60)25-23-39/h5-16,18,21-25,35-38,43-45,47-48,50-51,53-57,59,64-66,68,70-71,73-74H,17,19-20,26-34,60-61H2,1-4H3,(H,75,76)/b6-5-,9-7+,10-8-,13-11+,14-12-,18-15+,21-16+/t35-,36-,37-,38+,43-,44-,45-,47-,48-,50-,51-,53+,54-,55+,56-,57-,59-/m0/s1. The molecule has 0 saturated carbocycles. The average molecular weight is 1110 g/mol. The molecule has 20 heteroatoms. The Morgan fingerprint density at radius 1 is 0.684 bits per heavy atom. The van der Waals surface area contributed by atoms with Gasteiger partial charge in [-0.3, -0.25) is 28.8 Å². The molecule has 1 aromatic rings. The first-order valence-electron chi connectivity index (χ1n) is 26.9. The van der Waals surface area contributed by atoms with Crippen LogP contribution in [0, 0.1) is 23.7 Å². The van der Waals surface area contributed by atoms with Gasteiger partial charge < -0.3 is 71.6 Å². The minimum atomic E-state index is -1.95. The smallest absolute Gasteiger partial charge is 0.313 e. The number of allylic oxidation sites excluding steroid dienone is 12. The van der Waals surface area contributed by atoms with Crippen LogP contribution in [0.5, 0.6) is 0 Å². The molecule has 2 aliphatic heterocycles. The summed E-state index contributed by atoms with van der Waals surface area (Å²) >= 11 is 0. The topological polar surface area (TPSA) is 364 Å². The number of carbonyl (C=O) groups excluding carboxylic acids is 5. The zero-order valence-electron chi connectivity index (χ0n) is 45.5. The first kappa shape index (κ1) is 67.7. The van der Waals surface area contributed by atoms with Crippen molar-refractivity contribution in [1.29, 1.82) is 0 Å². The zero-order valence-corrected chi connectivity index (χ0v) is 45.5. The Kier molecular flexibility index (Phi) is 30.1. The van der Waals surface area contributed by atoms with Gasteiger partial charge in [0, 0.05) is 62.1 Å². The number of carboxylic acids is 1. The van der Waals surface area contributed by atoms with E-state index in [9.17, 15) is 74.7 Å². The number of carbonyl (C=O) groups is 6. The van der Waals surface area contributed by atoms with Crippen LogP contribution in [-0.4, -0.2) is 161 Å². The van der Waals surface area contributed by atoms with Crippen molar-refractivity contribution in [2.24, 2.45) is 29.4 Å². The van der Waals surface area contributed by atoms with Crippen LogP contribution in [0.4, 0.5) is 5.69 Å². The van der Waals surface area contributed by atoms with E-state index in [-0.39, 0.29) is 55.6 Å². The summed E-state index contributed by atoms with van der Waals surface area (Å²) in [5.41, 5.74) is 12.7.